The van der Waals surface area contributed by atoms with E-state index in [2.05, 4.69) is 30.2 Å². The van der Waals surface area contributed by atoms with Crippen molar-refractivity contribution in [3.05, 3.63) is 53.5 Å². The molecule has 0 saturated heterocycles. The maximum Gasteiger partial charge on any atom is 0.257 e. The molecule has 0 aliphatic carbocycles. The Hall–Kier alpha value is -1.90. The highest BCUT2D eigenvalue weighted by atomic mass is 16.1. The molecule has 0 saturated carbocycles. The minimum Gasteiger partial charge on any atom is -0.322 e. The number of nitrogens with one attached hydrogen (secondary N) is 1. The van der Waals surface area contributed by atoms with E-state index in [1.807, 2.05) is 26.0 Å². The van der Waals surface area contributed by atoms with E-state index in [-0.39, 0.29) is 5.91 Å². The molecule has 0 atom stereocenters. The van der Waals surface area contributed by atoms with Gasteiger partial charge in [0.15, 0.2) is 0 Å². The third kappa shape index (κ3) is 5.08. The Kier molecular flexibility index (Phi) is 6.00. The summed E-state index contributed by atoms with van der Waals surface area (Å²) in [6.07, 6.45) is 8.60. The van der Waals surface area contributed by atoms with Crippen LogP contribution in [0.4, 0.5) is 0 Å². The van der Waals surface area contributed by atoms with Crippen molar-refractivity contribution in [2.75, 3.05) is 0 Å². The number of pyridine rings is 1. The quantitative estimate of drug-likeness (QED) is 0.819. The van der Waals surface area contributed by atoms with Gasteiger partial charge in [-0.3, -0.25) is 9.78 Å². The number of carbonyl (C=O) groups is 1. The lowest BCUT2D eigenvalue weighted by Gasteiger charge is -2.07. The largest absolute Gasteiger partial charge is 0.322 e. The third-order valence-electron chi connectivity index (χ3n) is 2.73. The molecule has 1 rings (SSSR count). The molecule has 0 aliphatic heterocycles. The van der Waals surface area contributed by atoms with Crippen LogP contribution >= 0.6 is 0 Å². The predicted octanol–water partition coefficient (Wildman–Crippen LogP) is 3.63. The average Bonchev–Trinajstić information content (AvgIpc) is 2.37. The molecule has 0 fully saturated rings. The summed E-state index contributed by atoms with van der Waals surface area (Å²) in [5.74, 6) is 0.499. The molecule has 3 nitrogen and oxygen atoms in total. The highest BCUT2D eigenvalue weighted by Crippen LogP contribution is 2.06. The Morgan fingerprint density at radius 3 is 2.79 bits per heavy atom. The van der Waals surface area contributed by atoms with Gasteiger partial charge in [-0.05, 0) is 44.4 Å². The summed E-state index contributed by atoms with van der Waals surface area (Å²) in [6.45, 7) is 8.07. The lowest BCUT2D eigenvalue weighted by atomic mass is 10.1. The van der Waals surface area contributed by atoms with Crippen LogP contribution in [-0.2, 0) is 0 Å². The van der Waals surface area contributed by atoms with Gasteiger partial charge in [-0.2, -0.15) is 0 Å². The zero-order valence-corrected chi connectivity index (χ0v) is 12.1. The van der Waals surface area contributed by atoms with Gasteiger partial charge in [-0.1, -0.05) is 26.0 Å². The van der Waals surface area contributed by atoms with Gasteiger partial charge in [0.25, 0.3) is 5.91 Å². The minimum absolute atomic E-state index is 0.118. The molecule has 0 radical (unpaired) electrons. The highest BCUT2D eigenvalue weighted by Gasteiger charge is 2.09. The van der Waals surface area contributed by atoms with Crippen LogP contribution in [0.2, 0.25) is 0 Å². The van der Waals surface area contributed by atoms with E-state index in [9.17, 15) is 4.79 Å². The van der Waals surface area contributed by atoms with Crippen molar-refractivity contribution >= 4 is 5.91 Å². The second-order valence-corrected chi connectivity index (χ2v) is 4.87. The third-order valence-corrected chi connectivity index (χ3v) is 2.73. The molecule has 0 spiro atoms. The van der Waals surface area contributed by atoms with Gasteiger partial charge in [0.1, 0.15) is 0 Å². The molecule has 1 amide bonds. The van der Waals surface area contributed by atoms with Gasteiger partial charge in [0, 0.05) is 17.6 Å². The van der Waals surface area contributed by atoms with Crippen LogP contribution in [0.5, 0.6) is 0 Å². The Labute approximate surface area is 115 Å². The first-order valence-electron chi connectivity index (χ1n) is 6.60. The molecule has 0 unspecified atom stereocenters. The van der Waals surface area contributed by atoms with E-state index in [1.165, 1.54) is 0 Å². The second kappa shape index (κ2) is 7.52. The van der Waals surface area contributed by atoms with Crippen molar-refractivity contribution < 1.29 is 4.79 Å². The lowest BCUT2D eigenvalue weighted by molar-refractivity contribution is 0.0966. The molecule has 0 aromatic carbocycles. The van der Waals surface area contributed by atoms with E-state index in [1.54, 1.807) is 18.3 Å². The standard InChI is InChI=1S/C16H22N2O/c1-5-14(9-6-8-12(2)3)18-16(19)15-10-7-11-17-13(15)4/h5-7,9-12H,8H2,1-4H3,(H,18,19)/b9-6-,14-5+. The second-order valence-electron chi connectivity index (χ2n) is 4.87. The molecule has 1 aromatic rings. The van der Waals surface area contributed by atoms with Crippen molar-refractivity contribution in [2.24, 2.45) is 5.92 Å². The van der Waals surface area contributed by atoms with Crippen molar-refractivity contribution in [1.82, 2.24) is 10.3 Å². The van der Waals surface area contributed by atoms with Crippen LogP contribution in [0.3, 0.4) is 0 Å². The van der Waals surface area contributed by atoms with Crippen molar-refractivity contribution in [3.8, 4) is 0 Å². The van der Waals surface area contributed by atoms with Crippen molar-refractivity contribution in [3.63, 3.8) is 0 Å². The van der Waals surface area contributed by atoms with Gasteiger partial charge in [0.05, 0.1) is 5.56 Å². The first-order valence-corrected chi connectivity index (χ1v) is 6.60. The molecule has 1 aromatic heterocycles. The fourth-order valence-corrected chi connectivity index (χ4v) is 1.60. The number of aromatic nitrogens is 1. The first kappa shape index (κ1) is 15.2. The van der Waals surface area contributed by atoms with Gasteiger partial charge in [-0.15, -0.1) is 0 Å². The summed E-state index contributed by atoms with van der Waals surface area (Å²) in [7, 11) is 0. The average molecular weight is 258 g/mol. The molecule has 1 heterocycles. The van der Waals surface area contributed by atoms with Crippen LogP contribution in [0, 0.1) is 12.8 Å². The van der Waals surface area contributed by atoms with E-state index in [0.717, 1.165) is 17.8 Å². The number of rotatable bonds is 5. The smallest absolute Gasteiger partial charge is 0.257 e. The SMILES string of the molecule is C/C=C(\C=C/CC(C)C)NC(=O)c1cccnc1C. The normalized spacial score (nSPS) is 12.2. The molecule has 3 heteroatoms. The van der Waals surface area contributed by atoms with Gasteiger partial charge in [-0.25, -0.2) is 0 Å². The monoisotopic (exact) mass is 258 g/mol. The number of amides is 1. The van der Waals surface area contributed by atoms with Crippen LogP contribution in [0.1, 0.15) is 43.2 Å². The maximum absolute atomic E-state index is 12.1. The number of nitrogens with zero attached hydrogens (tertiary/aromatic N) is 1. The summed E-state index contributed by atoms with van der Waals surface area (Å²) in [5.41, 5.74) is 2.16. The molecule has 0 bridgehead atoms. The molecule has 1 N–H and O–H groups in total. The van der Waals surface area contributed by atoms with Crippen molar-refractivity contribution in [1.29, 1.82) is 0 Å². The fourth-order valence-electron chi connectivity index (χ4n) is 1.60. The Morgan fingerprint density at radius 1 is 1.47 bits per heavy atom. The molecule has 0 aliphatic rings. The van der Waals surface area contributed by atoms with Crippen LogP contribution in [0.25, 0.3) is 0 Å². The summed E-state index contributed by atoms with van der Waals surface area (Å²) >= 11 is 0. The molecular weight excluding hydrogens is 236 g/mol. The summed E-state index contributed by atoms with van der Waals surface area (Å²) in [5, 5.41) is 2.89. The minimum atomic E-state index is -0.118. The van der Waals surface area contributed by atoms with E-state index in [4.69, 9.17) is 0 Å². The zero-order valence-electron chi connectivity index (χ0n) is 12.1. The molecule has 19 heavy (non-hydrogen) atoms. The van der Waals surface area contributed by atoms with Crippen LogP contribution in [-0.4, -0.2) is 10.9 Å². The summed E-state index contributed by atoms with van der Waals surface area (Å²) in [4.78, 5) is 16.2. The fraction of sp³-hybridized carbons (Fsp3) is 0.375. The van der Waals surface area contributed by atoms with E-state index >= 15 is 0 Å². The number of hydrogen-bond donors (Lipinski definition) is 1. The van der Waals surface area contributed by atoms with Gasteiger partial charge < -0.3 is 5.32 Å². The topological polar surface area (TPSA) is 42.0 Å². The van der Waals surface area contributed by atoms with Crippen molar-refractivity contribution in [2.45, 2.75) is 34.1 Å². The van der Waals surface area contributed by atoms with Crippen LogP contribution < -0.4 is 5.32 Å². The first-order chi connectivity index (χ1) is 9.04. The van der Waals surface area contributed by atoms with E-state index in [0.29, 0.717) is 11.5 Å². The van der Waals surface area contributed by atoms with Gasteiger partial charge >= 0.3 is 0 Å². The summed E-state index contributed by atoms with van der Waals surface area (Å²) < 4.78 is 0. The predicted molar refractivity (Wildman–Crippen MR) is 78.8 cm³/mol. The Bertz CT molecular complexity index is 487. The van der Waals surface area contributed by atoms with Gasteiger partial charge in [0.2, 0.25) is 0 Å². The Balaban J connectivity index is 2.70. The zero-order chi connectivity index (χ0) is 14.3. The lowest BCUT2D eigenvalue weighted by Crippen LogP contribution is -2.23. The number of carbonyl (C=O) groups excluding carboxylic acids is 1. The molecule has 102 valence electrons. The van der Waals surface area contributed by atoms with E-state index < -0.39 is 0 Å². The maximum atomic E-state index is 12.1. The van der Waals surface area contributed by atoms with Crippen LogP contribution in [0.15, 0.2) is 42.3 Å². The molecular formula is C16H22N2O. The number of aryl methyl sites for hydroxylation is 1. The Morgan fingerprint density at radius 2 is 2.21 bits per heavy atom. The highest BCUT2D eigenvalue weighted by molar-refractivity contribution is 5.96. The summed E-state index contributed by atoms with van der Waals surface area (Å²) in [6, 6.07) is 3.55. The number of allylic oxidation sites excluding steroid dienone is 3. The number of hydrogen-bond acceptors (Lipinski definition) is 2.